The zero-order chi connectivity index (χ0) is 14.7. The molecule has 0 aromatic heterocycles. The van der Waals surface area contributed by atoms with E-state index in [0.717, 1.165) is 12.1 Å². The number of hydrogen-bond donors (Lipinski definition) is 1. The molecule has 1 N–H and O–H groups in total. The van der Waals surface area contributed by atoms with E-state index in [-0.39, 0.29) is 11.2 Å². The second-order valence-corrected chi connectivity index (χ2v) is 6.23. The Balaban J connectivity index is 1.71. The summed E-state index contributed by atoms with van der Waals surface area (Å²) in [5.41, 5.74) is 3.23. The third-order valence-electron chi connectivity index (χ3n) is 3.30. The Hall–Kier alpha value is -2.07. The summed E-state index contributed by atoms with van der Waals surface area (Å²) in [4.78, 5) is 16.5. The first-order valence-corrected chi connectivity index (χ1v) is 7.75. The van der Waals surface area contributed by atoms with Crippen LogP contribution in [0.5, 0.6) is 0 Å². The number of amides is 1. The van der Waals surface area contributed by atoms with Gasteiger partial charge in [-0.1, -0.05) is 59.8 Å². The molecule has 0 aliphatic carbocycles. The van der Waals surface area contributed by atoms with Crippen LogP contribution < -0.4 is 5.32 Å². The molecule has 0 saturated carbocycles. The number of nitrogens with one attached hydrogen (secondary N) is 1. The standard InChI is InChI=1S/C17H16N2OS/c1-12-7-9-14(10-8-12)18-17-19-16(20)15(21-17)11-13-5-3-2-4-6-13/h2-10,15H,11H2,1H3,(H,18,19,20)/t15-/m0/s1. The molecular weight excluding hydrogens is 280 g/mol. The van der Waals surface area contributed by atoms with Gasteiger partial charge in [-0.15, -0.1) is 0 Å². The molecule has 3 rings (SSSR count). The van der Waals surface area contributed by atoms with Crippen LogP contribution in [0.15, 0.2) is 59.6 Å². The van der Waals surface area contributed by atoms with Gasteiger partial charge in [0.05, 0.1) is 10.9 Å². The Morgan fingerprint density at radius 2 is 1.81 bits per heavy atom. The highest BCUT2D eigenvalue weighted by atomic mass is 32.2. The number of amidine groups is 1. The molecule has 3 nitrogen and oxygen atoms in total. The van der Waals surface area contributed by atoms with Crippen LogP contribution in [0.4, 0.5) is 5.69 Å². The zero-order valence-corrected chi connectivity index (χ0v) is 12.6. The van der Waals surface area contributed by atoms with Gasteiger partial charge in [-0.25, -0.2) is 4.99 Å². The van der Waals surface area contributed by atoms with Crippen LogP contribution >= 0.6 is 11.8 Å². The van der Waals surface area contributed by atoms with Crippen LogP contribution in [0.2, 0.25) is 0 Å². The van der Waals surface area contributed by atoms with Gasteiger partial charge in [0.25, 0.3) is 0 Å². The third kappa shape index (κ3) is 3.52. The highest BCUT2D eigenvalue weighted by Crippen LogP contribution is 2.25. The summed E-state index contributed by atoms with van der Waals surface area (Å²) in [7, 11) is 0. The minimum Gasteiger partial charge on any atom is -0.304 e. The fourth-order valence-electron chi connectivity index (χ4n) is 2.16. The van der Waals surface area contributed by atoms with Crippen LogP contribution in [0.3, 0.4) is 0 Å². The summed E-state index contributed by atoms with van der Waals surface area (Å²) in [6.45, 7) is 2.04. The van der Waals surface area contributed by atoms with Gasteiger partial charge in [0.2, 0.25) is 5.91 Å². The average molecular weight is 296 g/mol. The summed E-state index contributed by atoms with van der Waals surface area (Å²) >= 11 is 1.50. The average Bonchev–Trinajstić information content (AvgIpc) is 2.82. The van der Waals surface area contributed by atoms with Crippen LogP contribution in [0.1, 0.15) is 11.1 Å². The van der Waals surface area contributed by atoms with Crippen molar-refractivity contribution in [3.8, 4) is 0 Å². The monoisotopic (exact) mass is 296 g/mol. The number of carbonyl (C=O) groups is 1. The summed E-state index contributed by atoms with van der Waals surface area (Å²) < 4.78 is 0. The summed E-state index contributed by atoms with van der Waals surface area (Å²) in [5, 5.41) is 3.45. The first kappa shape index (κ1) is 13.9. The lowest BCUT2D eigenvalue weighted by molar-refractivity contribution is -0.118. The van der Waals surface area contributed by atoms with Crippen molar-refractivity contribution < 1.29 is 4.79 Å². The molecule has 2 aromatic carbocycles. The Morgan fingerprint density at radius 1 is 1.10 bits per heavy atom. The molecule has 1 saturated heterocycles. The SMILES string of the molecule is Cc1ccc(N=C2NC(=O)[C@H](Cc3ccccc3)S2)cc1. The Bertz CT molecular complexity index is 665. The lowest BCUT2D eigenvalue weighted by Gasteiger charge is -2.04. The van der Waals surface area contributed by atoms with Crippen molar-refractivity contribution in [3.05, 3.63) is 65.7 Å². The van der Waals surface area contributed by atoms with E-state index in [0.29, 0.717) is 5.17 Å². The fraction of sp³-hybridized carbons (Fsp3) is 0.176. The molecule has 0 unspecified atom stereocenters. The summed E-state index contributed by atoms with van der Waals surface area (Å²) in [6, 6.07) is 18.0. The van der Waals surface area contributed by atoms with Gasteiger partial charge in [-0.2, -0.15) is 0 Å². The van der Waals surface area contributed by atoms with Crippen LogP contribution in [-0.4, -0.2) is 16.3 Å². The van der Waals surface area contributed by atoms with E-state index >= 15 is 0 Å². The number of aliphatic imine (C=N–C) groups is 1. The molecule has 1 amide bonds. The number of aryl methyl sites for hydroxylation is 1. The van der Waals surface area contributed by atoms with E-state index in [9.17, 15) is 4.79 Å². The number of hydrogen-bond acceptors (Lipinski definition) is 3. The number of carbonyl (C=O) groups excluding carboxylic acids is 1. The number of benzene rings is 2. The van der Waals surface area contributed by atoms with E-state index in [2.05, 4.69) is 10.3 Å². The molecule has 0 spiro atoms. The second-order valence-electron chi connectivity index (χ2n) is 5.04. The molecule has 0 radical (unpaired) electrons. The third-order valence-corrected chi connectivity index (χ3v) is 4.39. The summed E-state index contributed by atoms with van der Waals surface area (Å²) in [6.07, 6.45) is 0.726. The number of rotatable bonds is 3. The molecule has 106 valence electrons. The smallest absolute Gasteiger partial charge is 0.239 e. The van der Waals surface area contributed by atoms with Gasteiger partial charge in [0, 0.05) is 0 Å². The minimum absolute atomic E-state index is 0.0368. The molecule has 2 aromatic rings. The fourth-order valence-corrected chi connectivity index (χ4v) is 3.19. The van der Waals surface area contributed by atoms with Crippen LogP contribution in [-0.2, 0) is 11.2 Å². The van der Waals surface area contributed by atoms with Gasteiger partial charge in [-0.05, 0) is 31.0 Å². The molecule has 1 aliphatic rings. The topological polar surface area (TPSA) is 41.5 Å². The maximum atomic E-state index is 12.0. The molecule has 1 fully saturated rings. The van der Waals surface area contributed by atoms with E-state index in [1.54, 1.807) is 0 Å². The van der Waals surface area contributed by atoms with Crippen LogP contribution in [0, 0.1) is 6.92 Å². The highest BCUT2D eigenvalue weighted by Gasteiger charge is 2.30. The largest absolute Gasteiger partial charge is 0.304 e. The Morgan fingerprint density at radius 3 is 2.52 bits per heavy atom. The number of thioether (sulfide) groups is 1. The van der Waals surface area contributed by atoms with Crippen molar-refractivity contribution in [2.24, 2.45) is 4.99 Å². The van der Waals surface area contributed by atoms with Crippen molar-refractivity contribution in [1.29, 1.82) is 0 Å². The molecule has 1 heterocycles. The molecule has 4 heteroatoms. The van der Waals surface area contributed by atoms with Crippen LogP contribution in [0.25, 0.3) is 0 Å². The first-order valence-electron chi connectivity index (χ1n) is 6.87. The van der Waals surface area contributed by atoms with E-state index < -0.39 is 0 Å². The minimum atomic E-state index is -0.100. The Labute approximate surface area is 128 Å². The second kappa shape index (κ2) is 6.14. The van der Waals surface area contributed by atoms with Crippen molar-refractivity contribution in [2.45, 2.75) is 18.6 Å². The molecule has 21 heavy (non-hydrogen) atoms. The highest BCUT2D eigenvalue weighted by molar-refractivity contribution is 8.15. The summed E-state index contributed by atoms with van der Waals surface area (Å²) in [5.74, 6) is 0.0368. The van der Waals surface area contributed by atoms with Gasteiger partial charge < -0.3 is 5.32 Å². The van der Waals surface area contributed by atoms with Crippen molar-refractivity contribution >= 4 is 28.5 Å². The predicted molar refractivity (Wildman–Crippen MR) is 87.9 cm³/mol. The maximum absolute atomic E-state index is 12.0. The van der Waals surface area contributed by atoms with Crippen molar-refractivity contribution in [3.63, 3.8) is 0 Å². The van der Waals surface area contributed by atoms with Gasteiger partial charge in [0.15, 0.2) is 5.17 Å². The predicted octanol–water partition coefficient (Wildman–Crippen LogP) is 3.46. The molecule has 1 aliphatic heterocycles. The normalized spacial score (nSPS) is 19.8. The zero-order valence-electron chi connectivity index (χ0n) is 11.7. The van der Waals surface area contributed by atoms with Crippen molar-refractivity contribution in [1.82, 2.24) is 5.32 Å². The Kier molecular flexibility index (Phi) is 4.06. The first-order chi connectivity index (χ1) is 10.2. The maximum Gasteiger partial charge on any atom is 0.239 e. The van der Waals surface area contributed by atoms with E-state index in [1.807, 2.05) is 61.5 Å². The van der Waals surface area contributed by atoms with Gasteiger partial charge in [-0.3, -0.25) is 4.79 Å². The quantitative estimate of drug-likeness (QED) is 0.942. The van der Waals surface area contributed by atoms with E-state index in [4.69, 9.17) is 0 Å². The lowest BCUT2D eigenvalue weighted by Crippen LogP contribution is -2.25. The number of nitrogens with zero attached hydrogens (tertiary/aromatic N) is 1. The molecule has 1 atom stereocenters. The van der Waals surface area contributed by atoms with Gasteiger partial charge in [0.1, 0.15) is 0 Å². The molecule has 0 bridgehead atoms. The van der Waals surface area contributed by atoms with E-state index in [1.165, 1.54) is 22.9 Å². The molecular formula is C17H16N2OS. The van der Waals surface area contributed by atoms with Gasteiger partial charge >= 0.3 is 0 Å². The van der Waals surface area contributed by atoms with Crippen molar-refractivity contribution in [2.75, 3.05) is 0 Å². The lowest BCUT2D eigenvalue weighted by atomic mass is 10.1.